The smallest absolute Gasteiger partial charge is 0.345 e. The molecule has 0 fully saturated rings. The second kappa shape index (κ2) is 19.2. The minimum absolute atomic E-state index is 0.0885. The fourth-order valence-electron chi connectivity index (χ4n) is 4.42. The van der Waals surface area contributed by atoms with Gasteiger partial charge in [-0.05, 0) is 73.7 Å². The Kier molecular flexibility index (Phi) is 15.0. The fourth-order valence-corrected chi connectivity index (χ4v) is 4.67. The Bertz CT molecular complexity index is 1420. The summed E-state index contributed by atoms with van der Waals surface area (Å²) >= 11 is 6.36. The molecule has 240 valence electrons. The van der Waals surface area contributed by atoms with Crippen LogP contribution in [0.5, 0.6) is 23.0 Å². The van der Waals surface area contributed by atoms with Crippen molar-refractivity contribution in [2.75, 3.05) is 20.3 Å². The number of hydrogen-bond acceptors (Lipinski definition) is 8. The van der Waals surface area contributed by atoms with Crippen molar-refractivity contribution < 1.29 is 38.1 Å². The molecule has 3 aromatic rings. The molecule has 0 atom stereocenters. The summed E-state index contributed by atoms with van der Waals surface area (Å²) in [5.74, 6) is -0.317. The first kappa shape index (κ1) is 35.2. The predicted molar refractivity (Wildman–Crippen MR) is 174 cm³/mol. The van der Waals surface area contributed by atoms with E-state index in [4.69, 9.17) is 35.3 Å². The average Bonchev–Trinajstić information content (AvgIpc) is 3.04. The Balaban J connectivity index is 1.50. The Morgan fingerprint density at radius 3 is 2.16 bits per heavy atom. The zero-order chi connectivity index (χ0) is 32.4. The van der Waals surface area contributed by atoms with Gasteiger partial charge in [0.1, 0.15) is 11.5 Å². The molecule has 0 radical (unpaired) electrons. The molecule has 0 saturated carbocycles. The number of carbonyl (C=O) groups excluding carboxylic acids is 3. The summed E-state index contributed by atoms with van der Waals surface area (Å²) in [6, 6.07) is 16.5. The zero-order valence-electron chi connectivity index (χ0n) is 26.0. The van der Waals surface area contributed by atoms with Crippen LogP contribution in [-0.4, -0.2) is 38.2 Å². The van der Waals surface area contributed by atoms with Crippen molar-refractivity contribution in [1.82, 2.24) is 0 Å². The summed E-state index contributed by atoms with van der Waals surface area (Å²) in [6.45, 7) is 6.20. The first-order chi connectivity index (χ1) is 21.8. The van der Waals surface area contributed by atoms with Gasteiger partial charge in [-0.25, -0.2) is 14.4 Å². The van der Waals surface area contributed by atoms with E-state index in [9.17, 15) is 14.4 Å². The third-order valence-corrected chi connectivity index (χ3v) is 7.24. The fraction of sp³-hybridized carbons (Fsp3) is 0.361. The molecule has 0 aromatic heterocycles. The van der Waals surface area contributed by atoms with E-state index in [1.165, 1.54) is 69.0 Å². The number of ether oxygens (including phenoxy) is 5. The van der Waals surface area contributed by atoms with Crippen LogP contribution in [0.25, 0.3) is 0 Å². The molecule has 3 rings (SSSR count). The number of unbranched alkanes of at least 4 members (excludes halogenated alkanes) is 6. The molecular formula is C36H41ClO8. The van der Waals surface area contributed by atoms with E-state index in [0.29, 0.717) is 36.7 Å². The minimum atomic E-state index is -0.642. The highest BCUT2D eigenvalue weighted by Crippen LogP contribution is 2.30. The molecule has 0 saturated heterocycles. The molecule has 0 spiro atoms. The highest BCUT2D eigenvalue weighted by Gasteiger charge is 2.17. The van der Waals surface area contributed by atoms with Crippen LogP contribution in [0.2, 0.25) is 5.02 Å². The van der Waals surface area contributed by atoms with Gasteiger partial charge in [0.15, 0.2) is 11.5 Å². The lowest BCUT2D eigenvalue weighted by molar-refractivity contribution is -0.137. The van der Waals surface area contributed by atoms with Gasteiger partial charge in [-0.2, -0.15) is 0 Å². The normalized spacial score (nSPS) is 10.6. The van der Waals surface area contributed by atoms with Crippen molar-refractivity contribution in [3.63, 3.8) is 0 Å². The van der Waals surface area contributed by atoms with Gasteiger partial charge in [0.2, 0.25) is 0 Å². The largest absolute Gasteiger partial charge is 0.493 e. The molecule has 3 aromatic carbocycles. The number of esters is 3. The van der Waals surface area contributed by atoms with Crippen molar-refractivity contribution in [3.8, 4) is 23.0 Å². The highest BCUT2D eigenvalue weighted by molar-refractivity contribution is 6.33. The average molecular weight is 637 g/mol. The van der Waals surface area contributed by atoms with E-state index >= 15 is 0 Å². The van der Waals surface area contributed by atoms with Crippen LogP contribution in [0.4, 0.5) is 0 Å². The predicted octanol–water partition coefficient (Wildman–Crippen LogP) is 8.58. The molecule has 8 nitrogen and oxygen atoms in total. The lowest BCUT2D eigenvalue weighted by Crippen LogP contribution is -2.11. The number of carbonyl (C=O) groups is 3. The Morgan fingerprint density at radius 2 is 1.44 bits per heavy atom. The van der Waals surface area contributed by atoms with Crippen LogP contribution < -0.4 is 18.9 Å². The second-order valence-corrected chi connectivity index (χ2v) is 10.8. The Labute approximate surface area is 270 Å². The van der Waals surface area contributed by atoms with E-state index in [-0.39, 0.29) is 28.5 Å². The van der Waals surface area contributed by atoms with E-state index in [1.807, 2.05) is 12.1 Å². The molecule has 0 unspecified atom stereocenters. The van der Waals surface area contributed by atoms with Crippen molar-refractivity contribution in [2.45, 2.75) is 64.7 Å². The summed E-state index contributed by atoms with van der Waals surface area (Å²) in [7, 11) is 1.47. The molecule has 0 N–H and O–H groups in total. The van der Waals surface area contributed by atoms with Crippen LogP contribution in [0.1, 0.15) is 84.6 Å². The number of halogens is 1. The number of rotatable bonds is 19. The van der Waals surface area contributed by atoms with Crippen molar-refractivity contribution >= 4 is 29.5 Å². The lowest BCUT2D eigenvalue weighted by Gasteiger charge is -2.12. The van der Waals surface area contributed by atoms with Crippen molar-refractivity contribution in [2.24, 2.45) is 0 Å². The molecule has 0 bridgehead atoms. The summed E-state index contributed by atoms with van der Waals surface area (Å²) in [6.07, 6.45) is 10.8. The second-order valence-electron chi connectivity index (χ2n) is 10.4. The van der Waals surface area contributed by atoms with Gasteiger partial charge in [-0.1, -0.05) is 69.3 Å². The van der Waals surface area contributed by atoms with Crippen LogP contribution in [0.3, 0.4) is 0 Å². The summed E-state index contributed by atoms with van der Waals surface area (Å²) in [4.78, 5) is 36.7. The van der Waals surface area contributed by atoms with Crippen LogP contribution in [-0.2, 0) is 16.0 Å². The van der Waals surface area contributed by atoms with Crippen molar-refractivity contribution in [3.05, 3.63) is 95.0 Å². The zero-order valence-corrected chi connectivity index (χ0v) is 26.7. The first-order valence-corrected chi connectivity index (χ1v) is 15.6. The van der Waals surface area contributed by atoms with Gasteiger partial charge in [0.05, 0.1) is 36.5 Å². The third kappa shape index (κ3) is 12.0. The third-order valence-electron chi connectivity index (χ3n) is 6.93. The van der Waals surface area contributed by atoms with Crippen LogP contribution >= 0.6 is 11.6 Å². The molecule has 9 heteroatoms. The monoisotopic (exact) mass is 636 g/mol. The van der Waals surface area contributed by atoms with Gasteiger partial charge >= 0.3 is 17.9 Å². The maximum Gasteiger partial charge on any atom is 0.345 e. The maximum absolute atomic E-state index is 12.8. The molecule has 0 aliphatic carbocycles. The number of methoxy groups -OCH3 is 1. The minimum Gasteiger partial charge on any atom is -0.493 e. The first-order valence-electron chi connectivity index (χ1n) is 15.3. The van der Waals surface area contributed by atoms with E-state index in [2.05, 4.69) is 13.5 Å². The van der Waals surface area contributed by atoms with E-state index in [1.54, 1.807) is 24.3 Å². The number of benzene rings is 3. The van der Waals surface area contributed by atoms with Gasteiger partial charge in [-0.15, -0.1) is 0 Å². The maximum atomic E-state index is 12.8. The molecule has 0 heterocycles. The molecule has 0 aliphatic heterocycles. The Morgan fingerprint density at radius 1 is 0.756 bits per heavy atom. The van der Waals surface area contributed by atoms with Gasteiger partial charge in [0.25, 0.3) is 0 Å². The molecule has 0 amide bonds. The van der Waals surface area contributed by atoms with Crippen molar-refractivity contribution in [1.29, 1.82) is 0 Å². The number of hydrogen-bond donors (Lipinski definition) is 0. The van der Waals surface area contributed by atoms with Crippen LogP contribution in [0.15, 0.2) is 73.3 Å². The van der Waals surface area contributed by atoms with Gasteiger partial charge in [0, 0.05) is 12.1 Å². The number of aryl methyl sites for hydroxylation is 1. The highest BCUT2D eigenvalue weighted by atomic mass is 35.5. The molecule has 45 heavy (non-hydrogen) atoms. The summed E-state index contributed by atoms with van der Waals surface area (Å²) in [5.41, 5.74) is 1.58. The summed E-state index contributed by atoms with van der Waals surface area (Å²) < 4.78 is 27.0. The van der Waals surface area contributed by atoms with Gasteiger partial charge < -0.3 is 23.7 Å². The van der Waals surface area contributed by atoms with Gasteiger partial charge in [-0.3, -0.25) is 0 Å². The van der Waals surface area contributed by atoms with E-state index in [0.717, 1.165) is 18.9 Å². The Hall–Kier alpha value is -4.30. The topological polar surface area (TPSA) is 97.4 Å². The quantitative estimate of drug-likeness (QED) is 0.0558. The van der Waals surface area contributed by atoms with Crippen LogP contribution in [0, 0.1) is 0 Å². The molecular weight excluding hydrogens is 596 g/mol. The summed E-state index contributed by atoms with van der Waals surface area (Å²) in [5, 5.41) is 0.0885. The lowest BCUT2D eigenvalue weighted by atomic mass is 10.0. The molecule has 0 aliphatic rings. The SMILES string of the molecule is C=CC(=O)OCCCCOc1ccc(C(=O)Oc2ccc(C(=O)Oc3ccc(CCCCCCCC)cc3)c(Cl)c2)cc1OC. The van der Waals surface area contributed by atoms with E-state index < -0.39 is 17.9 Å². The standard InChI is InChI=1S/C36H41ClO8/c1-4-6-7-8-9-10-13-26-14-17-28(18-15-26)44-36(40)30-20-19-29(25-31(30)37)45-35(39)27-16-21-32(33(24-27)41-3)42-22-11-12-23-43-34(38)5-2/h5,14-21,24-25H,2,4,6-13,22-23H2,1,3H3.